The van der Waals surface area contributed by atoms with Crippen LogP contribution in [0.1, 0.15) is 15.9 Å². The number of carbonyl (C=O) groups is 1. The number of amides is 1. The monoisotopic (exact) mass is 375 g/mol. The van der Waals surface area contributed by atoms with Gasteiger partial charge in [0.15, 0.2) is 0 Å². The number of anilines is 1. The van der Waals surface area contributed by atoms with E-state index in [-0.39, 0.29) is 11.6 Å². The molecule has 0 spiro atoms. The lowest BCUT2D eigenvalue weighted by Crippen LogP contribution is -2.11. The number of fused-ring (bicyclic) bond motifs is 1. The third kappa shape index (κ3) is 4.12. The van der Waals surface area contributed by atoms with Gasteiger partial charge in [0.25, 0.3) is 5.91 Å². The first-order valence-electron chi connectivity index (χ1n) is 8.47. The van der Waals surface area contributed by atoms with Gasteiger partial charge in [0.1, 0.15) is 0 Å². The molecule has 0 atom stereocenters. The van der Waals surface area contributed by atoms with E-state index >= 15 is 0 Å². The van der Waals surface area contributed by atoms with E-state index in [0.29, 0.717) is 22.3 Å². The highest BCUT2D eigenvalue weighted by Crippen LogP contribution is 2.22. The summed E-state index contributed by atoms with van der Waals surface area (Å²) in [5, 5.41) is 2.86. The number of nitrogens with one attached hydrogen (secondary N) is 3. The fraction of sp³-hybridized carbons (Fsp3) is 0.0476. The first-order valence-corrected chi connectivity index (χ1v) is 9.46. The van der Waals surface area contributed by atoms with Crippen molar-refractivity contribution in [3.05, 3.63) is 94.4 Å². The van der Waals surface area contributed by atoms with Crippen LogP contribution in [0, 0.1) is 0 Å². The second kappa shape index (κ2) is 7.55. The molecule has 5 nitrogen and oxygen atoms in total. The summed E-state index contributed by atoms with van der Waals surface area (Å²) in [7, 11) is 0. The van der Waals surface area contributed by atoms with Crippen molar-refractivity contribution < 1.29 is 4.79 Å². The normalized spacial score (nSPS) is 10.8. The Hall–Kier alpha value is -3.25. The lowest BCUT2D eigenvalue weighted by Gasteiger charge is -2.07. The Morgan fingerprint density at radius 2 is 1.63 bits per heavy atom. The highest BCUT2D eigenvalue weighted by atomic mass is 32.2. The SMILES string of the molecule is O=C(Nc1ccc2[nH]c(=O)[nH]c2c1)c1ccc(CSc2ccccc2)cc1. The minimum atomic E-state index is -0.266. The largest absolute Gasteiger partial charge is 0.323 e. The molecule has 4 rings (SSSR count). The van der Waals surface area contributed by atoms with Crippen molar-refractivity contribution in [3.8, 4) is 0 Å². The predicted octanol–water partition coefficient (Wildman–Crippen LogP) is 4.40. The van der Waals surface area contributed by atoms with Crippen molar-refractivity contribution in [3.63, 3.8) is 0 Å². The number of thioether (sulfide) groups is 1. The third-order valence-electron chi connectivity index (χ3n) is 4.14. The average molecular weight is 375 g/mol. The number of hydrogen-bond donors (Lipinski definition) is 3. The number of aromatic nitrogens is 2. The number of benzene rings is 3. The molecule has 1 heterocycles. The van der Waals surface area contributed by atoms with Crippen molar-refractivity contribution in [2.24, 2.45) is 0 Å². The Labute approximate surface area is 159 Å². The molecular weight excluding hydrogens is 358 g/mol. The molecule has 1 aromatic heterocycles. The van der Waals surface area contributed by atoms with Crippen molar-refractivity contribution in [2.75, 3.05) is 5.32 Å². The fourth-order valence-electron chi connectivity index (χ4n) is 2.75. The summed E-state index contributed by atoms with van der Waals surface area (Å²) < 4.78 is 0. The van der Waals surface area contributed by atoms with Gasteiger partial charge in [-0.05, 0) is 48.0 Å². The maximum Gasteiger partial charge on any atom is 0.323 e. The highest BCUT2D eigenvalue weighted by Gasteiger charge is 2.08. The van der Waals surface area contributed by atoms with E-state index in [0.717, 1.165) is 11.3 Å². The van der Waals surface area contributed by atoms with Crippen molar-refractivity contribution in [1.82, 2.24) is 9.97 Å². The number of carbonyl (C=O) groups excluding carboxylic acids is 1. The second-order valence-electron chi connectivity index (χ2n) is 6.09. The Kier molecular flexibility index (Phi) is 4.80. The van der Waals surface area contributed by atoms with Crippen LogP contribution in [0.3, 0.4) is 0 Å². The molecular formula is C21H17N3O2S. The maximum absolute atomic E-state index is 12.4. The van der Waals surface area contributed by atoms with Crippen LogP contribution in [0.15, 0.2) is 82.5 Å². The van der Waals surface area contributed by atoms with Crippen molar-refractivity contribution in [2.45, 2.75) is 10.6 Å². The Morgan fingerprint density at radius 3 is 2.41 bits per heavy atom. The van der Waals surface area contributed by atoms with Crippen LogP contribution in [0.2, 0.25) is 0 Å². The van der Waals surface area contributed by atoms with Crippen molar-refractivity contribution in [1.29, 1.82) is 0 Å². The zero-order valence-electron chi connectivity index (χ0n) is 14.4. The van der Waals surface area contributed by atoms with Gasteiger partial charge in [0, 0.05) is 21.9 Å². The molecule has 27 heavy (non-hydrogen) atoms. The lowest BCUT2D eigenvalue weighted by atomic mass is 10.1. The van der Waals surface area contributed by atoms with Gasteiger partial charge >= 0.3 is 5.69 Å². The van der Waals surface area contributed by atoms with E-state index in [1.807, 2.05) is 42.5 Å². The summed E-state index contributed by atoms with van der Waals surface area (Å²) in [5.74, 6) is 0.665. The molecule has 1 amide bonds. The van der Waals surface area contributed by atoms with E-state index in [2.05, 4.69) is 27.4 Å². The van der Waals surface area contributed by atoms with Gasteiger partial charge in [-0.25, -0.2) is 4.79 Å². The zero-order valence-corrected chi connectivity index (χ0v) is 15.2. The van der Waals surface area contributed by atoms with Crippen molar-refractivity contribution >= 4 is 34.4 Å². The van der Waals surface area contributed by atoms with Crippen LogP contribution in [-0.2, 0) is 5.75 Å². The van der Waals surface area contributed by atoms with Crippen LogP contribution >= 0.6 is 11.8 Å². The highest BCUT2D eigenvalue weighted by molar-refractivity contribution is 7.98. The fourth-order valence-corrected chi connectivity index (χ4v) is 3.62. The molecule has 0 aliphatic heterocycles. The summed E-state index contributed by atoms with van der Waals surface area (Å²) in [6, 6.07) is 23.1. The molecule has 0 bridgehead atoms. The molecule has 0 unspecified atom stereocenters. The van der Waals surface area contributed by atoms with Crippen LogP contribution in [0.4, 0.5) is 5.69 Å². The van der Waals surface area contributed by atoms with Gasteiger partial charge in [0.05, 0.1) is 11.0 Å². The average Bonchev–Trinajstić information content (AvgIpc) is 3.07. The number of aromatic amines is 2. The number of rotatable bonds is 5. The Balaban J connectivity index is 1.41. The van der Waals surface area contributed by atoms with Gasteiger partial charge in [-0.15, -0.1) is 11.8 Å². The summed E-state index contributed by atoms with van der Waals surface area (Å²) in [5.41, 5.74) is 3.48. The molecule has 4 aromatic rings. The zero-order chi connectivity index (χ0) is 18.6. The first kappa shape index (κ1) is 17.2. The quantitative estimate of drug-likeness (QED) is 0.453. The van der Waals surface area contributed by atoms with Crippen LogP contribution < -0.4 is 11.0 Å². The molecule has 134 valence electrons. The number of H-pyrrole nitrogens is 2. The minimum absolute atomic E-state index is 0.186. The lowest BCUT2D eigenvalue weighted by molar-refractivity contribution is 0.102. The number of hydrogen-bond acceptors (Lipinski definition) is 3. The molecule has 0 radical (unpaired) electrons. The Morgan fingerprint density at radius 1 is 0.889 bits per heavy atom. The van der Waals surface area contributed by atoms with Gasteiger partial charge in [-0.1, -0.05) is 30.3 Å². The summed E-state index contributed by atoms with van der Waals surface area (Å²) >= 11 is 1.76. The molecule has 3 aromatic carbocycles. The van der Waals surface area contributed by atoms with E-state index in [9.17, 15) is 9.59 Å². The smallest absolute Gasteiger partial charge is 0.322 e. The molecule has 0 aliphatic carbocycles. The van der Waals surface area contributed by atoms with E-state index in [4.69, 9.17) is 0 Å². The Bertz CT molecular complexity index is 1130. The molecule has 0 saturated carbocycles. The number of imidazole rings is 1. The molecule has 3 N–H and O–H groups in total. The standard InChI is InChI=1S/C21H17N3O2S/c25-20(22-16-10-11-18-19(12-16)24-21(26)23-18)15-8-6-14(7-9-15)13-27-17-4-2-1-3-5-17/h1-12H,13H2,(H,22,25)(H2,23,24,26). The summed E-state index contributed by atoms with van der Waals surface area (Å²) in [6.07, 6.45) is 0. The molecule has 0 saturated heterocycles. The second-order valence-corrected chi connectivity index (χ2v) is 7.14. The topological polar surface area (TPSA) is 77.8 Å². The first-order chi connectivity index (χ1) is 13.2. The van der Waals surface area contributed by atoms with Crippen LogP contribution in [0.25, 0.3) is 11.0 Å². The van der Waals surface area contributed by atoms with Gasteiger partial charge in [-0.3, -0.25) is 4.79 Å². The summed E-state index contributed by atoms with van der Waals surface area (Å²) in [4.78, 5) is 30.3. The van der Waals surface area contributed by atoms with Gasteiger partial charge in [0.2, 0.25) is 0 Å². The van der Waals surface area contributed by atoms with Gasteiger partial charge in [-0.2, -0.15) is 0 Å². The van der Waals surface area contributed by atoms with E-state index < -0.39 is 0 Å². The minimum Gasteiger partial charge on any atom is -0.322 e. The summed E-state index contributed by atoms with van der Waals surface area (Å²) in [6.45, 7) is 0. The van der Waals surface area contributed by atoms with Crippen LogP contribution in [-0.4, -0.2) is 15.9 Å². The van der Waals surface area contributed by atoms with Crippen LogP contribution in [0.5, 0.6) is 0 Å². The maximum atomic E-state index is 12.4. The van der Waals surface area contributed by atoms with Gasteiger partial charge < -0.3 is 15.3 Å². The molecule has 0 fully saturated rings. The van der Waals surface area contributed by atoms with E-state index in [1.165, 1.54) is 4.90 Å². The van der Waals surface area contributed by atoms with E-state index in [1.54, 1.807) is 30.0 Å². The molecule has 6 heteroatoms. The molecule has 0 aliphatic rings. The third-order valence-corrected chi connectivity index (χ3v) is 5.22. The predicted molar refractivity (Wildman–Crippen MR) is 109 cm³/mol.